The third-order valence-electron chi connectivity index (χ3n) is 4.39. The highest BCUT2D eigenvalue weighted by Gasteiger charge is 2.38. The van der Waals surface area contributed by atoms with Crippen LogP contribution in [-0.2, 0) is 9.59 Å². The van der Waals surface area contributed by atoms with Crippen molar-refractivity contribution in [3.8, 4) is 0 Å². The maximum atomic E-state index is 14.0. The SMILES string of the molecule is CCN1C(=O)C(CC(=O)Nc2ccc(Br)cc2F)SC1=Nc1nc2ccccc2s1. The molecule has 1 fully saturated rings. The lowest BCUT2D eigenvalue weighted by molar-refractivity contribution is -0.128. The summed E-state index contributed by atoms with van der Waals surface area (Å²) < 4.78 is 15.6. The third kappa shape index (κ3) is 4.40. The van der Waals surface area contributed by atoms with E-state index in [9.17, 15) is 14.0 Å². The van der Waals surface area contributed by atoms with Crippen LogP contribution < -0.4 is 5.32 Å². The highest BCUT2D eigenvalue weighted by atomic mass is 79.9. The molecule has 0 bridgehead atoms. The highest BCUT2D eigenvalue weighted by molar-refractivity contribution is 9.10. The van der Waals surface area contributed by atoms with Crippen LogP contribution in [0, 0.1) is 5.82 Å². The summed E-state index contributed by atoms with van der Waals surface area (Å²) in [5.41, 5.74) is 0.932. The number of thioether (sulfide) groups is 1. The number of rotatable bonds is 5. The first-order valence-electron chi connectivity index (χ1n) is 9.12. The summed E-state index contributed by atoms with van der Waals surface area (Å²) in [5, 5.41) is 3.00. The number of aromatic nitrogens is 1. The Morgan fingerprint density at radius 3 is 2.87 bits per heavy atom. The van der Waals surface area contributed by atoms with Crippen molar-refractivity contribution in [2.24, 2.45) is 4.99 Å². The summed E-state index contributed by atoms with van der Waals surface area (Å²) in [6.45, 7) is 2.29. The number of anilines is 1. The highest BCUT2D eigenvalue weighted by Crippen LogP contribution is 2.34. The zero-order valence-electron chi connectivity index (χ0n) is 15.8. The number of nitrogens with zero attached hydrogens (tertiary/aromatic N) is 3. The summed E-state index contributed by atoms with van der Waals surface area (Å²) in [4.78, 5) is 35.8. The number of halogens is 2. The molecular weight excluding hydrogens is 491 g/mol. The van der Waals surface area contributed by atoms with Gasteiger partial charge in [-0.05, 0) is 37.3 Å². The van der Waals surface area contributed by atoms with Crippen molar-refractivity contribution in [3.05, 3.63) is 52.8 Å². The number of nitrogens with one attached hydrogen (secondary N) is 1. The average Bonchev–Trinajstić information content (AvgIpc) is 3.24. The Labute approximate surface area is 188 Å². The van der Waals surface area contributed by atoms with Crippen LogP contribution in [-0.4, -0.2) is 38.7 Å². The van der Waals surface area contributed by atoms with Gasteiger partial charge in [-0.25, -0.2) is 9.37 Å². The summed E-state index contributed by atoms with van der Waals surface area (Å²) in [6, 6.07) is 12.1. The van der Waals surface area contributed by atoms with Crippen molar-refractivity contribution in [1.82, 2.24) is 9.88 Å². The Balaban J connectivity index is 1.49. The number of hydrogen-bond donors (Lipinski definition) is 1. The monoisotopic (exact) mass is 506 g/mol. The van der Waals surface area contributed by atoms with E-state index < -0.39 is 17.0 Å². The van der Waals surface area contributed by atoms with Crippen molar-refractivity contribution in [2.45, 2.75) is 18.6 Å². The predicted molar refractivity (Wildman–Crippen MR) is 123 cm³/mol. The normalized spacial score (nSPS) is 17.8. The number of fused-ring (bicyclic) bond motifs is 1. The molecule has 0 radical (unpaired) electrons. The molecule has 1 atom stereocenters. The molecule has 3 aromatic rings. The fraction of sp³-hybridized carbons (Fsp3) is 0.200. The molecule has 1 aliphatic heterocycles. The number of para-hydroxylation sites is 1. The van der Waals surface area contributed by atoms with Crippen LogP contribution in [0.3, 0.4) is 0 Å². The van der Waals surface area contributed by atoms with Gasteiger partial charge in [0.05, 0.1) is 15.9 Å². The number of carbonyl (C=O) groups is 2. The quantitative estimate of drug-likeness (QED) is 0.517. The number of thiazole rings is 1. The van der Waals surface area contributed by atoms with E-state index in [0.29, 0.717) is 21.3 Å². The number of benzene rings is 2. The second-order valence-electron chi connectivity index (χ2n) is 6.42. The maximum Gasteiger partial charge on any atom is 0.242 e. The fourth-order valence-corrected chi connectivity index (χ4v) is 5.40. The van der Waals surface area contributed by atoms with Gasteiger partial charge in [0.2, 0.25) is 16.9 Å². The number of aliphatic imine (C=N–C) groups is 1. The van der Waals surface area contributed by atoms with Gasteiger partial charge in [0.15, 0.2) is 5.17 Å². The van der Waals surface area contributed by atoms with Gasteiger partial charge in [-0.15, -0.1) is 0 Å². The van der Waals surface area contributed by atoms with E-state index in [1.165, 1.54) is 35.2 Å². The second kappa shape index (κ2) is 8.83. The molecule has 0 spiro atoms. The molecule has 1 aliphatic rings. The number of amidine groups is 1. The molecule has 0 saturated carbocycles. The van der Waals surface area contributed by atoms with Gasteiger partial charge in [-0.1, -0.05) is 51.2 Å². The molecule has 1 N–H and O–H groups in total. The lowest BCUT2D eigenvalue weighted by Gasteiger charge is -2.13. The minimum atomic E-state index is -0.614. The number of amides is 2. The molecule has 154 valence electrons. The van der Waals surface area contributed by atoms with Crippen LogP contribution in [0.15, 0.2) is 51.9 Å². The van der Waals surface area contributed by atoms with Crippen LogP contribution in [0.25, 0.3) is 10.2 Å². The van der Waals surface area contributed by atoms with Crippen LogP contribution in [0.1, 0.15) is 13.3 Å². The minimum Gasteiger partial charge on any atom is -0.324 e. The van der Waals surface area contributed by atoms with Gasteiger partial charge in [-0.3, -0.25) is 14.5 Å². The Hall–Kier alpha value is -2.30. The molecule has 6 nitrogen and oxygen atoms in total. The van der Waals surface area contributed by atoms with Crippen molar-refractivity contribution < 1.29 is 14.0 Å². The van der Waals surface area contributed by atoms with Crippen molar-refractivity contribution in [3.63, 3.8) is 0 Å². The van der Waals surface area contributed by atoms with Crippen molar-refractivity contribution >= 4 is 77.0 Å². The van der Waals surface area contributed by atoms with Crippen LogP contribution in [0.4, 0.5) is 15.2 Å². The number of carbonyl (C=O) groups excluding carboxylic acids is 2. The molecule has 2 aromatic carbocycles. The molecule has 0 aliphatic carbocycles. The van der Waals surface area contributed by atoms with Gasteiger partial charge in [0.25, 0.3) is 0 Å². The van der Waals surface area contributed by atoms with E-state index >= 15 is 0 Å². The second-order valence-corrected chi connectivity index (χ2v) is 9.52. The van der Waals surface area contributed by atoms with E-state index in [0.717, 1.165) is 10.2 Å². The topological polar surface area (TPSA) is 74.7 Å². The van der Waals surface area contributed by atoms with E-state index in [1.54, 1.807) is 11.0 Å². The standard InChI is InChI=1S/C20H16BrFN4O2S2/c1-2-26-18(28)16(10-17(27)23-13-8-7-11(21)9-12(13)22)30-20(26)25-19-24-14-5-3-4-6-15(14)29-19/h3-9,16H,2,10H2,1H3,(H,23,27). The molecular formula is C20H16BrFN4O2S2. The molecule has 1 saturated heterocycles. The number of hydrogen-bond acceptors (Lipinski definition) is 6. The first-order valence-corrected chi connectivity index (χ1v) is 11.6. The third-order valence-corrected chi connectivity index (χ3v) is 6.99. The van der Waals surface area contributed by atoms with Crippen molar-refractivity contribution in [1.29, 1.82) is 0 Å². The van der Waals surface area contributed by atoms with Crippen molar-refractivity contribution in [2.75, 3.05) is 11.9 Å². The van der Waals surface area contributed by atoms with Gasteiger partial charge >= 0.3 is 0 Å². The Bertz CT molecular complexity index is 1130. The Morgan fingerprint density at radius 1 is 1.33 bits per heavy atom. The van der Waals surface area contributed by atoms with Gasteiger partial charge in [0, 0.05) is 17.4 Å². The molecule has 30 heavy (non-hydrogen) atoms. The molecule has 1 aromatic heterocycles. The zero-order chi connectivity index (χ0) is 21.3. The Morgan fingerprint density at radius 2 is 2.13 bits per heavy atom. The molecule has 2 heterocycles. The zero-order valence-corrected chi connectivity index (χ0v) is 19.0. The van der Waals surface area contributed by atoms with E-state index in [4.69, 9.17) is 0 Å². The van der Waals surface area contributed by atoms with E-state index in [2.05, 4.69) is 31.2 Å². The van der Waals surface area contributed by atoms with Crippen LogP contribution >= 0.6 is 39.0 Å². The average molecular weight is 507 g/mol. The summed E-state index contributed by atoms with van der Waals surface area (Å²) >= 11 is 5.85. The lowest BCUT2D eigenvalue weighted by Crippen LogP contribution is -2.33. The summed E-state index contributed by atoms with van der Waals surface area (Å²) in [5.74, 6) is -1.16. The first-order chi connectivity index (χ1) is 14.4. The molecule has 4 rings (SSSR count). The van der Waals surface area contributed by atoms with E-state index in [1.807, 2.05) is 31.2 Å². The van der Waals surface area contributed by atoms with Crippen LogP contribution in [0.5, 0.6) is 0 Å². The maximum absolute atomic E-state index is 14.0. The largest absolute Gasteiger partial charge is 0.324 e. The first kappa shape index (κ1) is 21.0. The van der Waals surface area contributed by atoms with Gasteiger partial charge in [-0.2, -0.15) is 4.99 Å². The lowest BCUT2D eigenvalue weighted by atomic mass is 10.2. The molecule has 10 heteroatoms. The molecule has 2 amide bonds. The van der Waals surface area contributed by atoms with Crippen LogP contribution in [0.2, 0.25) is 0 Å². The van der Waals surface area contributed by atoms with Gasteiger partial charge in [0.1, 0.15) is 11.1 Å². The minimum absolute atomic E-state index is 0.0750. The van der Waals surface area contributed by atoms with Gasteiger partial charge < -0.3 is 5.32 Å². The summed E-state index contributed by atoms with van der Waals surface area (Å²) in [7, 11) is 0. The smallest absolute Gasteiger partial charge is 0.242 e. The molecule has 1 unspecified atom stereocenters. The summed E-state index contributed by atoms with van der Waals surface area (Å²) in [6.07, 6.45) is -0.0750. The predicted octanol–water partition coefficient (Wildman–Crippen LogP) is 5.18. The fourth-order valence-electron chi connectivity index (χ4n) is 2.97. The Kier molecular flexibility index (Phi) is 6.16. The van der Waals surface area contributed by atoms with E-state index in [-0.39, 0.29) is 18.0 Å².